The van der Waals surface area contributed by atoms with Gasteiger partial charge < -0.3 is 15.6 Å². The van der Waals surface area contributed by atoms with Crippen molar-refractivity contribution in [1.82, 2.24) is 10.3 Å². The van der Waals surface area contributed by atoms with Crippen molar-refractivity contribution in [1.29, 1.82) is 0 Å². The molecule has 0 bridgehead atoms. The van der Waals surface area contributed by atoms with E-state index in [1.165, 1.54) is 11.8 Å². The summed E-state index contributed by atoms with van der Waals surface area (Å²) in [5, 5.41) is 6.65. The largest absolute Gasteiger partial charge is 0.361 e. The zero-order valence-corrected chi connectivity index (χ0v) is 26.8. The van der Waals surface area contributed by atoms with Crippen LogP contribution in [0.3, 0.4) is 0 Å². The summed E-state index contributed by atoms with van der Waals surface area (Å²) in [7, 11) is 0. The third kappa shape index (κ3) is 6.65. The Labute approximate surface area is 282 Å². The predicted molar refractivity (Wildman–Crippen MR) is 193 cm³/mol. The fourth-order valence-corrected chi connectivity index (χ4v) is 6.65. The Morgan fingerprint density at radius 1 is 0.729 bits per heavy atom. The van der Waals surface area contributed by atoms with Gasteiger partial charge in [0.15, 0.2) is 0 Å². The normalized spacial score (nSPS) is 12.5. The van der Waals surface area contributed by atoms with Crippen LogP contribution in [0.4, 0.5) is 17.1 Å². The quantitative estimate of drug-likeness (QED) is 0.115. The van der Waals surface area contributed by atoms with Crippen molar-refractivity contribution < 1.29 is 14.4 Å². The van der Waals surface area contributed by atoms with Gasteiger partial charge in [0.25, 0.3) is 11.8 Å². The number of benzene rings is 5. The number of thioether (sulfide) groups is 1. The first kappa shape index (κ1) is 30.8. The highest BCUT2D eigenvalue weighted by Crippen LogP contribution is 2.37. The minimum atomic E-state index is -0.460. The summed E-state index contributed by atoms with van der Waals surface area (Å²) in [5.41, 5.74) is 6.99. The number of hydrogen-bond donors (Lipinski definition) is 3. The number of anilines is 3. The number of amides is 3. The monoisotopic (exact) mass is 648 g/mol. The lowest BCUT2D eigenvalue weighted by atomic mass is 10.0. The predicted octanol–water partition coefficient (Wildman–Crippen LogP) is 8.13. The first-order valence-corrected chi connectivity index (χ1v) is 16.7. The highest BCUT2D eigenvalue weighted by Gasteiger charge is 2.25. The molecule has 48 heavy (non-hydrogen) atoms. The van der Waals surface area contributed by atoms with Gasteiger partial charge in [-0.3, -0.25) is 19.3 Å². The molecule has 5 aromatic carbocycles. The summed E-state index contributed by atoms with van der Waals surface area (Å²) in [6.07, 6.45) is 5.24. The van der Waals surface area contributed by atoms with Gasteiger partial charge in [0.1, 0.15) is 5.70 Å². The van der Waals surface area contributed by atoms with E-state index in [-0.39, 0.29) is 23.3 Å². The van der Waals surface area contributed by atoms with E-state index >= 15 is 0 Å². The second-order valence-corrected chi connectivity index (χ2v) is 12.5. The molecule has 1 aliphatic heterocycles. The maximum atomic E-state index is 13.7. The molecule has 2 heterocycles. The summed E-state index contributed by atoms with van der Waals surface area (Å²) in [6.45, 7) is 0. The van der Waals surface area contributed by atoms with Crippen molar-refractivity contribution in [2.45, 2.75) is 17.7 Å². The van der Waals surface area contributed by atoms with Crippen molar-refractivity contribution in [2.24, 2.45) is 0 Å². The molecule has 1 aromatic heterocycles. The smallest absolute Gasteiger partial charge is 0.272 e. The molecule has 0 spiro atoms. The minimum absolute atomic E-state index is 0.000367. The molecule has 0 fully saturated rings. The number of carbonyl (C=O) groups is 3. The molecule has 3 amide bonds. The molecule has 0 atom stereocenters. The van der Waals surface area contributed by atoms with E-state index in [4.69, 9.17) is 0 Å². The fraction of sp³-hybridized carbons (Fsp3) is 0.0750. The van der Waals surface area contributed by atoms with Gasteiger partial charge >= 0.3 is 0 Å². The van der Waals surface area contributed by atoms with Crippen LogP contribution in [-0.4, -0.2) is 28.5 Å². The van der Waals surface area contributed by atoms with Gasteiger partial charge in [-0.1, -0.05) is 72.8 Å². The van der Waals surface area contributed by atoms with Crippen LogP contribution in [-0.2, 0) is 22.4 Å². The molecule has 0 saturated carbocycles. The first-order chi connectivity index (χ1) is 23.5. The van der Waals surface area contributed by atoms with Crippen molar-refractivity contribution >= 4 is 63.5 Å². The molecule has 8 heteroatoms. The molecule has 0 saturated heterocycles. The third-order valence-corrected chi connectivity index (χ3v) is 9.30. The Morgan fingerprint density at radius 2 is 1.35 bits per heavy atom. The zero-order chi connectivity index (χ0) is 32.9. The summed E-state index contributed by atoms with van der Waals surface area (Å²) < 4.78 is 0. The van der Waals surface area contributed by atoms with Crippen LogP contribution in [0.5, 0.6) is 0 Å². The highest BCUT2D eigenvalue weighted by molar-refractivity contribution is 8.00. The van der Waals surface area contributed by atoms with Crippen LogP contribution < -0.4 is 15.5 Å². The molecule has 236 valence electrons. The van der Waals surface area contributed by atoms with Crippen LogP contribution in [0.2, 0.25) is 0 Å². The van der Waals surface area contributed by atoms with Crippen molar-refractivity contribution in [3.8, 4) is 0 Å². The van der Waals surface area contributed by atoms with E-state index in [1.807, 2.05) is 90.0 Å². The molecule has 0 aliphatic carbocycles. The van der Waals surface area contributed by atoms with Crippen molar-refractivity contribution in [3.63, 3.8) is 0 Å². The molecule has 3 N–H and O–H groups in total. The number of aromatic nitrogens is 1. The minimum Gasteiger partial charge on any atom is -0.361 e. The zero-order valence-electron chi connectivity index (χ0n) is 26.0. The standard InChI is InChI=1S/C40H32N4O3S/c45-38(44-36-16-8-4-10-27(36)18-19-28-11-5-9-17-37(28)44)26-48-32-22-20-31(21-23-32)42-40(47)35(43-39(46)29-12-2-1-3-13-29)24-30-25-41-34-15-7-6-14-33(30)34/h1-17,20-25,41H,18-19,26H2,(H,42,47)(H,43,46)/b35-24-. The van der Waals surface area contributed by atoms with E-state index in [1.54, 1.807) is 42.5 Å². The molecule has 6 aromatic rings. The third-order valence-electron chi connectivity index (χ3n) is 8.30. The Morgan fingerprint density at radius 3 is 2.06 bits per heavy atom. The maximum Gasteiger partial charge on any atom is 0.272 e. The average Bonchev–Trinajstić information content (AvgIpc) is 3.45. The number of nitrogens with zero attached hydrogens (tertiary/aromatic N) is 1. The van der Waals surface area contributed by atoms with Crippen LogP contribution in [0.25, 0.3) is 17.0 Å². The van der Waals surface area contributed by atoms with Crippen LogP contribution >= 0.6 is 11.8 Å². The number of fused-ring (bicyclic) bond motifs is 3. The Hall–Kier alpha value is -5.86. The Kier molecular flexibility index (Phi) is 8.89. The molecule has 0 radical (unpaired) electrons. The van der Waals surface area contributed by atoms with Crippen LogP contribution in [0.1, 0.15) is 27.0 Å². The number of rotatable bonds is 8. The lowest BCUT2D eigenvalue weighted by molar-refractivity contribution is -0.115. The van der Waals surface area contributed by atoms with Crippen LogP contribution in [0.15, 0.2) is 144 Å². The van der Waals surface area contributed by atoms with E-state index in [0.29, 0.717) is 11.3 Å². The fourth-order valence-electron chi connectivity index (χ4n) is 5.90. The van der Waals surface area contributed by atoms with Crippen LogP contribution in [0, 0.1) is 0 Å². The van der Waals surface area contributed by atoms with E-state index in [9.17, 15) is 14.4 Å². The maximum absolute atomic E-state index is 13.7. The first-order valence-electron chi connectivity index (χ1n) is 15.7. The summed E-state index contributed by atoms with van der Waals surface area (Å²) in [4.78, 5) is 46.4. The number of H-pyrrole nitrogens is 1. The summed E-state index contributed by atoms with van der Waals surface area (Å²) in [6, 6.07) is 40.1. The molecule has 1 aliphatic rings. The van der Waals surface area contributed by atoms with Gasteiger partial charge in [-0.25, -0.2) is 0 Å². The molecular weight excluding hydrogens is 617 g/mol. The molecule has 7 nitrogen and oxygen atoms in total. The second kappa shape index (κ2) is 13.9. The molecule has 7 rings (SSSR count). The van der Waals surface area contributed by atoms with Gasteiger partial charge in [0.2, 0.25) is 5.91 Å². The van der Waals surface area contributed by atoms with Gasteiger partial charge in [-0.15, -0.1) is 11.8 Å². The topological polar surface area (TPSA) is 94.3 Å². The highest BCUT2D eigenvalue weighted by atomic mass is 32.2. The average molecular weight is 649 g/mol. The SMILES string of the molecule is O=C(Nc1ccc(SCC(=O)N2c3ccccc3CCc3ccccc32)cc1)/C(=C/c1c[nH]c2ccccc12)NC(=O)c1ccccc1. The number of nitrogens with one attached hydrogen (secondary N) is 3. The Bertz CT molecular complexity index is 2110. The van der Waals surface area contributed by atoms with E-state index in [0.717, 1.165) is 56.7 Å². The number of para-hydroxylation sites is 3. The van der Waals surface area contributed by atoms with Crippen molar-refractivity contribution in [3.05, 3.63) is 162 Å². The van der Waals surface area contributed by atoms with Gasteiger partial charge in [0, 0.05) is 38.8 Å². The van der Waals surface area contributed by atoms with Crippen molar-refractivity contribution in [2.75, 3.05) is 16.0 Å². The number of carbonyl (C=O) groups excluding carboxylic acids is 3. The second-order valence-electron chi connectivity index (χ2n) is 11.4. The van der Waals surface area contributed by atoms with Gasteiger partial charge in [-0.2, -0.15) is 0 Å². The summed E-state index contributed by atoms with van der Waals surface area (Å²) >= 11 is 1.45. The van der Waals surface area contributed by atoms with E-state index < -0.39 is 5.91 Å². The molecule has 0 unspecified atom stereocenters. The van der Waals surface area contributed by atoms with Gasteiger partial charge in [-0.05, 0) is 84.6 Å². The number of hydrogen-bond acceptors (Lipinski definition) is 4. The number of aryl methyl sites for hydroxylation is 2. The van der Waals surface area contributed by atoms with Gasteiger partial charge in [0.05, 0.1) is 17.1 Å². The summed E-state index contributed by atoms with van der Waals surface area (Å²) in [5.74, 6) is -0.598. The lowest BCUT2D eigenvalue weighted by Gasteiger charge is -2.25. The Balaban J connectivity index is 1.06. The molecular formula is C40H32N4O3S. The van der Waals surface area contributed by atoms with E-state index in [2.05, 4.69) is 27.8 Å². The lowest BCUT2D eigenvalue weighted by Crippen LogP contribution is -2.30. The number of aromatic amines is 1.